The molecule has 0 spiro atoms. The fraction of sp³-hybridized carbons (Fsp3) is 1.00. The highest BCUT2D eigenvalue weighted by Crippen LogP contribution is 1.92. The van der Waals surface area contributed by atoms with E-state index in [0.717, 1.165) is 0 Å². The van der Waals surface area contributed by atoms with Crippen LogP contribution in [0.2, 0.25) is 0 Å². The Labute approximate surface area is 54.1 Å². The molecule has 0 aliphatic carbocycles. The summed E-state index contributed by atoms with van der Waals surface area (Å²) in [5.41, 5.74) is -1.26. The molecule has 0 saturated carbocycles. The first-order valence-electron chi connectivity index (χ1n) is 2.81. The van der Waals surface area contributed by atoms with Crippen LogP contribution in [-0.2, 0) is 0 Å². The molecule has 0 bridgehead atoms. The van der Waals surface area contributed by atoms with Gasteiger partial charge >= 0.3 is 0 Å². The second kappa shape index (κ2) is 3.79. The summed E-state index contributed by atoms with van der Waals surface area (Å²) >= 11 is 0. The molecule has 56 valence electrons. The molecule has 0 aliphatic rings. The minimum atomic E-state index is -1.26. The van der Waals surface area contributed by atoms with Gasteiger partial charge in [0.25, 0.3) is 0 Å². The summed E-state index contributed by atoms with van der Waals surface area (Å²) in [6.07, 6.45) is 0. The van der Waals surface area contributed by atoms with E-state index in [1.54, 1.807) is 0 Å². The zero-order valence-electron chi connectivity index (χ0n) is 5.46. The molecular weight excluding hydrogens is 122 g/mol. The van der Waals surface area contributed by atoms with Gasteiger partial charge in [-0.2, -0.15) is 0 Å². The smallest absolute Gasteiger partial charge is 0.136 e. The maximum atomic E-state index is 8.98. The van der Waals surface area contributed by atoms with Crippen molar-refractivity contribution in [2.45, 2.75) is 12.6 Å². The Morgan fingerprint density at radius 3 is 2.33 bits per heavy atom. The van der Waals surface area contributed by atoms with Gasteiger partial charge in [0.2, 0.25) is 0 Å². The van der Waals surface area contributed by atoms with E-state index >= 15 is 0 Å². The van der Waals surface area contributed by atoms with Gasteiger partial charge in [0.1, 0.15) is 5.72 Å². The minimum absolute atomic E-state index is 0.0455. The second-order valence-electron chi connectivity index (χ2n) is 2.08. The molecule has 0 heterocycles. The number of hydrogen-bond donors (Lipinski definition) is 4. The zero-order chi connectivity index (χ0) is 7.33. The van der Waals surface area contributed by atoms with E-state index in [9.17, 15) is 0 Å². The summed E-state index contributed by atoms with van der Waals surface area (Å²) < 4.78 is 0. The van der Waals surface area contributed by atoms with Gasteiger partial charge in [-0.05, 0) is 6.92 Å². The molecule has 4 N–H and O–H groups in total. The lowest BCUT2D eigenvalue weighted by Gasteiger charge is -2.20. The molecule has 4 heteroatoms. The van der Waals surface area contributed by atoms with Crippen molar-refractivity contribution in [2.24, 2.45) is 0 Å². The molecule has 9 heavy (non-hydrogen) atoms. The molecule has 0 aromatic rings. The van der Waals surface area contributed by atoms with E-state index in [0.29, 0.717) is 0 Å². The predicted octanol–water partition coefficient (Wildman–Crippen LogP) is -1.73. The fourth-order valence-corrected chi connectivity index (χ4v) is 0.381. The van der Waals surface area contributed by atoms with Gasteiger partial charge in [-0.3, -0.25) is 5.32 Å². The van der Waals surface area contributed by atoms with Crippen LogP contribution in [0.25, 0.3) is 0 Å². The fourth-order valence-electron chi connectivity index (χ4n) is 0.381. The van der Waals surface area contributed by atoms with Crippen molar-refractivity contribution < 1.29 is 15.3 Å². The lowest BCUT2D eigenvalue weighted by molar-refractivity contribution is -0.0291. The molecule has 4 nitrogen and oxygen atoms in total. The Morgan fingerprint density at radius 2 is 2.00 bits per heavy atom. The topological polar surface area (TPSA) is 72.7 Å². The molecule has 0 radical (unpaired) electrons. The van der Waals surface area contributed by atoms with Gasteiger partial charge in [0.05, 0.1) is 13.2 Å². The van der Waals surface area contributed by atoms with E-state index in [1.165, 1.54) is 6.92 Å². The highest BCUT2D eigenvalue weighted by Gasteiger charge is 2.15. The van der Waals surface area contributed by atoms with Crippen LogP contribution in [0.5, 0.6) is 0 Å². The molecule has 1 atom stereocenters. The number of rotatable bonds is 4. The average Bonchev–Trinajstić information content (AvgIpc) is 1.84. The van der Waals surface area contributed by atoms with Crippen LogP contribution >= 0.6 is 0 Å². The van der Waals surface area contributed by atoms with Crippen molar-refractivity contribution in [3.05, 3.63) is 0 Å². The second-order valence-corrected chi connectivity index (χ2v) is 2.08. The minimum Gasteiger partial charge on any atom is -0.395 e. The van der Waals surface area contributed by atoms with Gasteiger partial charge in [-0.15, -0.1) is 0 Å². The monoisotopic (exact) mass is 135 g/mol. The van der Waals surface area contributed by atoms with Crippen molar-refractivity contribution >= 4 is 0 Å². The highest BCUT2D eigenvalue weighted by molar-refractivity contribution is 4.66. The predicted molar refractivity (Wildman–Crippen MR) is 32.8 cm³/mol. The van der Waals surface area contributed by atoms with E-state index in [-0.39, 0.29) is 19.8 Å². The largest absolute Gasteiger partial charge is 0.395 e. The SMILES string of the molecule is CC(O)(CO)NCCO. The van der Waals surface area contributed by atoms with Gasteiger partial charge in [-0.1, -0.05) is 0 Å². The van der Waals surface area contributed by atoms with Crippen molar-refractivity contribution in [3.8, 4) is 0 Å². The molecule has 0 aromatic carbocycles. The van der Waals surface area contributed by atoms with Crippen molar-refractivity contribution in [2.75, 3.05) is 19.8 Å². The third kappa shape index (κ3) is 4.35. The summed E-state index contributed by atoms with van der Waals surface area (Å²) in [6.45, 7) is 1.32. The summed E-state index contributed by atoms with van der Waals surface area (Å²) in [4.78, 5) is 0. The number of aliphatic hydroxyl groups is 3. The van der Waals surface area contributed by atoms with Gasteiger partial charge < -0.3 is 15.3 Å². The maximum Gasteiger partial charge on any atom is 0.136 e. The van der Waals surface area contributed by atoms with Gasteiger partial charge in [-0.25, -0.2) is 0 Å². The van der Waals surface area contributed by atoms with Crippen LogP contribution in [-0.4, -0.2) is 40.8 Å². The van der Waals surface area contributed by atoms with E-state index in [4.69, 9.17) is 15.3 Å². The van der Waals surface area contributed by atoms with E-state index in [1.807, 2.05) is 0 Å². The van der Waals surface area contributed by atoms with Crippen molar-refractivity contribution in [1.29, 1.82) is 0 Å². The average molecular weight is 135 g/mol. The third-order valence-electron chi connectivity index (χ3n) is 0.926. The van der Waals surface area contributed by atoms with E-state index < -0.39 is 5.72 Å². The first-order valence-corrected chi connectivity index (χ1v) is 2.81. The Kier molecular flexibility index (Phi) is 3.72. The van der Waals surface area contributed by atoms with E-state index in [2.05, 4.69) is 5.32 Å². The summed E-state index contributed by atoms with van der Waals surface area (Å²) in [5, 5.41) is 28.2. The normalized spacial score (nSPS) is 17.3. The molecule has 0 aliphatic heterocycles. The number of hydrogen-bond acceptors (Lipinski definition) is 4. The standard InChI is InChI=1S/C5H13NO3/c1-5(9,4-8)6-2-3-7/h6-9H,2-4H2,1H3. The van der Waals surface area contributed by atoms with Gasteiger partial charge in [0, 0.05) is 6.54 Å². The summed E-state index contributed by atoms with van der Waals surface area (Å²) in [5.74, 6) is 0. The molecule has 0 aromatic heterocycles. The van der Waals surface area contributed by atoms with Crippen LogP contribution in [0.1, 0.15) is 6.92 Å². The van der Waals surface area contributed by atoms with Crippen molar-refractivity contribution in [1.82, 2.24) is 5.32 Å². The Hall–Kier alpha value is -0.160. The van der Waals surface area contributed by atoms with Gasteiger partial charge in [0.15, 0.2) is 0 Å². The molecule has 0 amide bonds. The first-order chi connectivity index (χ1) is 4.12. The Morgan fingerprint density at radius 1 is 1.44 bits per heavy atom. The molecular formula is C5H13NO3. The number of nitrogens with one attached hydrogen (secondary N) is 1. The van der Waals surface area contributed by atoms with Crippen LogP contribution in [0.3, 0.4) is 0 Å². The summed E-state index contributed by atoms with van der Waals surface area (Å²) in [6, 6.07) is 0. The summed E-state index contributed by atoms with van der Waals surface area (Å²) in [7, 11) is 0. The Balaban J connectivity index is 3.33. The lowest BCUT2D eigenvalue weighted by atomic mass is 10.3. The lowest BCUT2D eigenvalue weighted by Crippen LogP contribution is -2.46. The zero-order valence-corrected chi connectivity index (χ0v) is 5.46. The molecule has 1 unspecified atom stereocenters. The number of aliphatic hydroxyl groups excluding tert-OH is 2. The first kappa shape index (κ1) is 8.84. The maximum absolute atomic E-state index is 8.98. The van der Waals surface area contributed by atoms with Crippen LogP contribution in [0.4, 0.5) is 0 Å². The highest BCUT2D eigenvalue weighted by atomic mass is 16.3. The van der Waals surface area contributed by atoms with Crippen LogP contribution < -0.4 is 5.32 Å². The van der Waals surface area contributed by atoms with Crippen LogP contribution in [0.15, 0.2) is 0 Å². The molecule has 0 saturated heterocycles. The Bertz CT molecular complexity index is 74.6. The van der Waals surface area contributed by atoms with Crippen molar-refractivity contribution in [3.63, 3.8) is 0 Å². The van der Waals surface area contributed by atoms with Crippen LogP contribution in [0, 0.1) is 0 Å². The molecule has 0 rings (SSSR count). The quantitative estimate of drug-likeness (QED) is 0.346. The molecule has 0 fully saturated rings. The third-order valence-corrected chi connectivity index (χ3v) is 0.926.